The number of carbonyl (C=O) groups is 1. The number of benzene rings is 1. The number of nitrogens with zero attached hydrogens (tertiary/aromatic N) is 2. The zero-order valence-electron chi connectivity index (χ0n) is 12.9. The second-order valence-corrected chi connectivity index (χ2v) is 7.63. The van der Waals surface area contributed by atoms with Crippen molar-refractivity contribution in [3.05, 3.63) is 74.9 Å². The summed E-state index contributed by atoms with van der Waals surface area (Å²) in [6.45, 7) is 0. The lowest BCUT2D eigenvalue weighted by atomic mass is 9.84. The number of hydrogen-bond acceptors (Lipinski definition) is 3. The molecule has 0 saturated heterocycles. The van der Waals surface area contributed by atoms with Crippen LogP contribution in [0.25, 0.3) is 0 Å². The lowest BCUT2D eigenvalue weighted by molar-refractivity contribution is 0.0921. The molecule has 1 aliphatic rings. The van der Waals surface area contributed by atoms with Gasteiger partial charge in [-0.05, 0) is 51.3 Å². The zero-order valence-corrected chi connectivity index (χ0v) is 15.3. The third kappa shape index (κ3) is 2.80. The molecule has 1 aromatic carbocycles. The van der Waals surface area contributed by atoms with Crippen molar-refractivity contribution in [1.82, 2.24) is 14.9 Å². The van der Waals surface area contributed by atoms with Gasteiger partial charge in [0.15, 0.2) is 0 Å². The van der Waals surface area contributed by atoms with E-state index in [2.05, 4.69) is 49.0 Å². The van der Waals surface area contributed by atoms with E-state index in [9.17, 15) is 4.79 Å². The molecule has 2 unspecified atom stereocenters. The fourth-order valence-electron chi connectivity index (χ4n) is 3.37. The maximum Gasteiger partial charge on any atom is 0.263 e. The van der Waals surface area contributed by atoms with E-state index in [1.807, 2.05) is 30.0 Å². The summed E-state index contributed by atoms with van der Waals surface area (Å²) in [5, 5.41) is 5.17. The second-order valence-electron chi connectivity index (χ2n) is 5.86. The minimum absolute atomic E-state index is 0.0382. The number of fused-ring (bicyclic) bond motifs is 1. The van der Waals surface area contributed by atoms with Crippen LogP contribution in [0.4, 0.5) is 0 Å². The summed E-state index contributed by atoms with van der Waals surface area (Å²) < 4.78 is 2.94. The molecule has 0 fully saturated rings. The Balaban J connectivity index is 1.70. The lowest BCUT2D eigenvalue weighted by Crippen LogP contribution is -2.37. The minimum atomic E-state index is -0.0642. The molecule has 2 heterocycles. The number of nitrogens with one attached hydrogen (secondary N) is 1. The minimum Gasteiger partial charge on any atom is -0.342 e. The van der Waals surface area contributed by atoms with Crippen molar-refractivity contribution in [2.24, 2.45) is 0 Å². The number of aryl methyl sites for hydroxylation is 1. The zero-order chi connectivity index (χ0) is 16.5. The molecule has 2 aromatic heterocycles. The van der Waals surface area contributed by atoms with Gasteiger partial charge in [0.25, 0.3) is 5.91 Å². The fourth-order valence-corrected chi connectivity index (χ4v) is 4.82. The summed E-state index contributed by atoms with van der Waals surface area (Å²) in [6, 6.07) is 10.4. The van der Waals surface area contributed by atoms with E-state index in [0.717, 1.165) is 17.3 Å². The number of halogens is 1. The smallest absolute Gasteiger partial charge is 0.263 e. The summed E-state index contributed by atoms with van der Waals surface area (Å²) in [5.41, 5.74) is 2.51. The van der Waals surface area contributed by atoms with E-state index in [0.29, 0.717) is 4.88 Å². The highest BCUT2D eigenvalue weighted by atomic mass is 79.9. The first-order valence-electron chi connectivity index (χ1n) is 7.83. The van der Waals surface area contributed by atoms with Gasteiger partial charge in [0.2, 0.25) is 0 Å². The van der Waals surface area contributed by atoms with Crippen molar-refractivity contribution in [2.75, 3.05) is 0 Å². The monoisotopic (exact) mass is 401 g/mol. The highest BCUT2D eigenvalue weighted by molar-refractivity contribution is 9.10. The van der Waals surface area contributed by atoms with E-state index in [1.54, 1.807) is 6.20 Å². The molecule has 0 bridgehead atoms. The van der Waals surface area contributed by atoms with E-state index in [-0.39, 0.29) is 18.0 Å². The van der Waals surface area contributed by atoms with Crippen LogP contribution in [-0.2, 0) is 6.42 Å². The predicted molar refractivity (Wildman–Crippen MR) is 98.3 cm³/mol. The van der Waals surface area contributed by atoms with E-state index >= 15 is 0 Å². The van der Waals surface area contributed by atoms with Crippen molar-refractivity contribution in [1.29, 1.82) is 0 Å². The molecule has 1 aliphatic carbocycles. The van der Waals surface area contributed by atoms with Crippen LogP contribution in [0.5, 0.6) is 0 Å². The van der Waals surface area contributed by atoms with Crippen molar-refractivity contribution in [3.8, 4) is 0 Å². The summed E-state index contributed by atoms with van der Waals surface area (Å²) in [6.07, 6.45) is 7.57. The normalized spacial score (nSPS) is 19.7. The van der Waals surface area contributed by atoms with Gasteiger partial charge in [-0.15, -0.1) is 11.3 Å². The molecule has 122 valence electrons. The topological polar surface area (TPSA) is 46.9 Å². The van der Waals surface area contributed by atoms with Crippen LogP contribution in [0, 0.1) is 0 Å². The average Bonchev–Trinajstić information content (AvgIpc) is 3.26. The maximum atomic E-state index is 12.8. The van der Waals surface area contributed by atoms with Crippen molar-refractivity contribution in [3.63, 3.8) is 0 Å². The van der Waals surface area contributed by atoms with Gasteiger partial charge in [0.1, 0.15) is 4.88 Å². The van der Waals surface area contributed by atoms with Crippen LogP contribution in [0.3, 0.4) is 0 Å². The Kier molecular flexibility index (Phi) is 4.24. The molecule has 0 saturated carbocycles. The summed E-state index contributed by atoms with van der Waals surface area (Å²) in [5.74, 6) is -0.0382. The Hall–Kier alpha value is -1.92. The van der Waals surface area contributed by atoms with E-state index in [1.165, 1.54) is 22.5 Å². The summed E-state index contributed by atoms with van der Waals surface area (Å²) >= 11 is 4.90. The number of thiophene rings is 1. The van der Waals surface area contributed by atoms with Crippen LogP contribution in [0.2, 0.25) is 0 Å². The lowest BCUT2D eigenvalue weighted by Gasteiger charge is -2.35. The van der Waals surface area contributed by atoms with Crippen LogP contribution in [-0.4, -0.2) is 15.5 Å². The summed E-state index contributed by atoms with van der Waals surface area (Å²) in [7, 11) is 0. The molecule has 4 rings (SSSR count). The van der Waals surface area contributed by atoms with Gasteiger partial charge >= 0.3 is 0 Å². The first-order valence-corrected chi connectivity index (χ1v) is 9.50. The van der Waals surface area contributed by atoms with Crippen molar-refractivity contribution in [2.45, 2.75) is 24.9 Å². The Labute approximate surface area is 152 Å². The SMILES string of the molecule is O=C(NC1c2ccccc2CCC1n1ccnc1)c1sccc1Br. The number of amides is 1. The average molecular weight is 402 g/mol. The van der Waals surface area contributed by atoms with Crippen LogP contribution >= 0.6 is 27.3 Å². The van der Waals surface area contributed by atoms with Crippen molar-refractivity contribution < 1.29 is 4.79 Å². The second kappa shape index (κ2) is 6.53. The Morgan fingerprint density at radius 2 is 2.21 bits per heavy atom. The van der Waals surface area contributed by atoms with Gasteiger partial charge in [-0.25, -0.2) is 4.98 Å². The molecule has 0 spiro atoms. The molecule has 4 nitrogen and oxygen atoms in total. The van der Waals surface area contributed by atoms with Gasteiger partial charge in [0.05, 0.1) is 18.4 Å². The number of carbonyl (C=O) groups excluding carboxylic acids is 1. The van der Waals surface area contributed by atoms with E-state index < -0.39 is 0 Å². The first-order chi connectivity index (χ1) is 11.7. The quantitative estimate of drug-likeness (QED) is 0.708. The molecular weight excluding hydrogens is 386 g/mol. The third-order valence-electron chi connectivity index (χ3n) is 4.50. The largest absolute Gasteiger partial charge is 0.342 e. The summed E-state index contributed by atoms with van der Waals surface area (Å²) in [4.78, 5) is 17.7. The third-order valence-corrected chi connectivity index (χ3v) is 6.34. The van der Waals surface area contributed by atoms with Gasteiger partial charge < -0.3 is 9.88 Å². The predicted octanol–water partition coefficient (Wildman–Crippen LogP) is 4.37. The molecule has 6 heteroatoms. The van der Waals surface area contributed by atoms with E-state index in [4.69, 9.17) is 0 Å². The Bertz CT molecular complexity index is 859. The molecule has 2 atom stereocenters. The molecule has 24 heavy (non-hydrogen) atoms. The molecule has 3 aromatic rings. The number of hydrogen-bond donors (Lipinski definition) is 1. The molecular formula is C18H16BrN3OS. The Morgan fingerprint density at radius 1 is 1.33 bits per heavy atom. The standard InChI is InChI=1S/C18H16BrN3OS/c19-14-7-10-24-17(14)18(23)21-16-13-4-2-1-3-12(13)5-6-15(16)22-9-8-20-11-22/h1-4,7-11,15-16H,5-6H2,(H,21,23). The number of imidazole rings is 1. The first kappa shape index (κ1) is 15.6. The maximum absolute atomic E-state index is 12.8. The van der Waals surface area contributed by atoms with Gasteiger partial charge in [0, 0.05) is 16.9 Å². The van der Waals surface area contributed by atoms with Gasteiger partial charge in [-0.2, -0.15) is 0 Å². The molecule has 0 aliphatic heterocycles. The van der Waals surface area contributed by atoms with Crippen LogP contribution in [0.1, 0.15) is 39.3 Å². The fraction of sp³-hybridized carbons (Fsp3) is 0.222. The van der Waals surface area contributed by atoms with Crippen LogP contribution < -0.4 is 5.32 Å². The molecule has 0 radical (unpaired) electrons. The Morgan fingerprint density at radius 3 is 2.96 bits per heavy atom. The number of rotatable bonds is 3. The van der Waals surface area contributed by atoms with Gasteiger partial charge in [-0.3, -0.25) is 4.79 Å². The molecule has 1 amide bonds. The molecule has 1 N–H and O–H groups in total. The van der Waals surface area contributed by atoms with Crippen LogP contribution in [0.15, 0.2) is 58.9 Å². The van der Waals surface area contributed by atoms with Gasteiger partial charge in [-0.1, -0.05) is 24.3 Å². The number of aromatic nitrogens is 2. The van der Waals surface area contributed by atoms with Crippen molar-refractivity contribution >= 4 is 33.2 Å². The highest BCUT2D eigenvalue weighted by Gasteiger charge is 2.32. The highest BCUT2D eigenvalue weighted by Crippen LogP contribution is 2.38.